The highest BCUT2D eigenvalue weighted by molar-refractivity contribution is 5.77. The number of hydrogen-bond donors (Lipinski definition) is 1. The molecule has 70 valence electrons. The third kappa shape index (κ3) is 2.46. The number of epoxide rings is 1. The zero-order chi connectivity index (χ0) is 8.97. The molecule has 0 bridgehead atoms. The molecule has 2 atom stereocenters. The first-order chi connectivity index (χ1) is 5.79. The van der Waals surface area contributed by atoms with Crippen molar-refractivity contribution in [2.24, 2.45) is 0 Å². The number of rotatable bonds is 5. The van der Waals surface area contributed by atoms with Gasteiger partial charge in [0.15, 0.2) is 6.10 Å². The first kappa shape index (κ1) is 9.48. The molecule has 1 saturated heterocycles. The van der Waals surface area contributed by atoms with E-state index < -0.39 is 0 Å². The van der Waals surface area contributed by atoms with Crippen LogP contribution in [-0.2, 0) is 14.3 Å². The van der Waals surface area contributed by atoms with Crippen molar-refractivity contribution >= 4 is 5.97 Å². The Bertz CT molecular complexity index is 157. The molecule has 0 amide bonds. The Labute approximate surface area is 71.5 Å². The smallest absolute Gasteiger partial charge is 0.337 e. The van der Waals surface area contributed by atoms with Gasteiger partial charge in [0, 0.05) is 6.61 Å². The van der Waals surface area contributed by atoms with Crippen molar-refractivity contribution in [2.45, 2.75) is 31.5 Å². The maximum absolute atomic E-state index is 10.8. The minimum absolute atomic E-state index is 0.0315. The summed E-state index contributed by atoms with van der Waals surface area (Å²) >= 11 is 0. The van der Waals surface area contributed by atoms with Crippen LogP contribution in [0.5, 0.6) is 0 Å². The van der Waals surface area contributed by atoms with Crippen molar-refractivity contribution in [3.05, 3.63) is 0 Å². The van der Waals surface area contributed by atoms with Crippen LogP contribution in [0.3, 0.4) is 0 Å². The summed E-state index contributed by atoms with van der Waals surface area (Å²) in [6.45, 7) is 0.204. The number of methoxy groups -OCH3 is 1. The Kier molecular flexibility index (Phi) is 3.49. The van der Waals surface area contributed by atoms with E-state index in [-0.39, 0.29) is 24.8 Å². The Hall–Kier alpha value is -0.610. The third-order valence-electron chi connectivity index (χ3n) is 1.91. The summed E-state index contributed by atoms with van der Waals surface area (Å²) in [6, 6.07) is 0. The standard InChI is InChI=1S/C8H14O4/c1-11-8(10)7-6(12-7)4-2-3-5-9/h6-7,9H,2-5H2,1H3/t6-,7-/m0/s1. The Morgan fingerprint density at radius 2 is 2.33 bits per heavy atom. The molecule has 0 radical (unpaired) electrons. The zero-order valence-corrected chi connectivity index (χ0v) is 7.16. The van der Waals surface area contributed by atoms with Gasteiger partial charge in [-0.15, -0.1) is 0 Å². The summed E-state index contributed by atoms with van der Waals surface area (Å²) < 4.78 is 9.56. The molecule has 1 aliphatic heterocycles. The van der Waals surface area contributed by atoms with E-state index in [1.165, 1.54) is 7.11 Å². The highest BCUT2D eigenvalue weighted by Crippen LogP contribution is 2.27. The molecule has 1 aliphatic rings. The van der Waals surface area contributed by atoms with Crippen LogP contribution in [0.25, 0.3) is 0 Å². The van der Waals surface area contributed by atoms with Crippen molar-refractivity contribution in [1.29, 1.82) is 0 Å². The highest BCUT2D eigenvalue weighted by atomic mass is 16.6. The van der Waals surface area contributed by atoms with Gasteiger partial charge in [-0.05, 0) is 19.3 Å². The quantitative estimate of drug-likeness (QED) is 0.364. The number of aliphatic hydroxyl groups excluding tert-OH is 1. The Morgan fingerprint density at radius 1 is 1.58 bits per heavy atom. The number of unbranched alkanes of at least 4 members (excludes halogenated alkanes) is 1. The summed E-state index contributed by atoms with van der Waals surface area (Å²) in [6.07, 6.45) is 2.20. The molecule has 1 rings (SSSR count). The molecule has 1 heterocycles. The van der Waals surface area contributed by atoms with Crippen molar-refractivity contribution in [3.8, 4) is 0 Å². The highest BCUT2D eigenvalue weighted by Gasteiger charge is 2.45. The second-order valence-corrected chi connectivity index (χ2v) is 2.84. The molecule has 0 aliphatic carbocycles. The lowest BCUT2D eigenvalue weighted by molar-refractivity contribution is -0.142. The number of esters is 1. The van der Waals surface area contributed by atoms with Crippen molar-refractivity contribution in [2.75, 3.05) is 13.7 Å². The molecule has 1 N–H and O–H groups in total. The second kappa shape index (κ2) is 4.42. The topological polar surface area (TPSA) is 59.1 Å². The fourth-order valence-corrected chi connectivity index (χ4v) is 1.14. The van der Waals surface area contributed by atoms with E-state index in [1.807, 2.05) is 0 Å². The third-order valence-corrected chi connectivity index (χ3v) is 1.91. The molecule has 0 spiro atoms. The van der Waals surface area contributed by atoms with E-state index in [1.54, 1.807) is 0 Å². The average Bonchev–Trinajstić information content (AvgIpc) is 2.83. The summed E-state index contributed by atoms with van der Waals surface area (Å²) in [5, 5.41) is 8.49. The average molecular weight is 174 g/mol. The van der Waals surface area contributed by atoms with Crippen molar-refractivity contribution in [3.63, 3.8) is 0 Å². The number of ether oxygens (including phenoxy) is 2. The van der Waals surface area contributed by atoms with Gasteiger partial charge in [-0.3, -0.25) is 0 Å². The maximum Gasteiger partial charge on any atom is 0.337 e. The largest absolute Gasteiger partial charge is 0.467 e. The van der Waals surface area contributed by atoms with Gasteiger partial charge in [-0.1, -0.05) is 0 Å². The van der Waals surface area contributed by atoms with Crippen LogP contribution >= 0.6 is 0 Å². The van der Waals surface area contributed by atoms with E-state index in [9.17, 15) is 4.79 Å². The monoisotopic (exact) mass is 174 g/mol. The van der Waals surface area contributed by atoms with E-state index in [0.717, 1.165) is 19.3 Å². The molecule has 1 fully saturated rings. The molecule has 0 saturated carbocycles. The molecule has 12 heavy (non-hydrogen) atoms. The van der Waals surface area contributed by atoms with Crippen LogP contribution in [0.1, 0.15) is 19.3 Å². The molecular formula is C8H14O4. The summed E-state index contributed by atoms with van der Waals surface area (Å²) in [7, 11) is 1.36. The maximum atomic E-state index is 10.8. The summed E-state index contributed by atoms with van der Waals surface area (Å²) in [5.41, 5.74) is 0. The molecular weight excluding hydrogens is 160 g/mol. The normalized spacial score (nSPS) is 26.8. The second-order valence-electron chi connectivity index (χ2n) is 2.84. The predicted molar refractivity (Wildman–Crippen MR) is 41.6 cm³/mol. The van der Waals surface area contributed by atoms with Crippen molar-refractivity contribution in [1.82, 2.24) is 0 Å². The summed E-state index contributed by atoms with van der Waals surface area (Å²) in [5.74, 6) is -0.288. The zero-order valence-electron chi connectivity index (χ0n) is 7.16. The number of aliphatic hydroxyl groups is 1. The number of carbonyl (C=O) groups is 1. The van der Waals surface area contributed by atoms with Crippen LogP contribution in [0.2, 0.25) is 0 Å². The van der Waals surface area contributed by atoms with E-state index >= 15 is 0 Å². The van der Waals surface area contributed by atoms with E-state index in [4.69, 9.17) is 9.84 Å². The van der Waals surface area contributed by atoms with E-state index in [2.05, 4.69) is 4.74 Å². The van der Waals surface area contributed by atoms with Crippen LogP contribution in [0.15, 0.2) is 0 Å². The van der Waals surface area contributed by atoms with Crippen LogP contribution in [-0.4, -0.2) is 37.0 Å². The van der Waals surface area contributed by atoms with Gasteiger partial charge in [0.2, 0.25) is 0 Å². The van der Waals surface area contributed by atoms with Gasteiger partial charge in [0.25, 0.3) is 0 Å². The van der Waals surface area contributed by atoms with Gasteiger partial charge >= 0.3 is 5.97 Å². The Balaban J connectivity index is 2.04. The Morgan fingerprint density at radius 3 is 2.92 bits per heavy atom. The van der Waals surface area contributed by atoms with Crippen molar-refractivity contribution < 1.29 is 19.4 Å². The predicted octanol–water partition coefficient (Wildman–Crippen LogP) is 0.0894. The van der Waals surface area contributed by atoms with Gasteiger partial charge < -0.3 is 14.6 Å². The first-order valence-corrected chi connectivity index (χ1v) is 4.13. The number of carbonyl (C=O) groups excluding carboxylic acids is 1. The minimum Gasteiger partial charge on any atom is -0.467 e. The van der Waals surface area contributed by atoms with Gasteiger partial charge in [-0.2, -0.15) is 0 Å². The van der Waals surface area contributed by atoms with Gasteiger partial charge in [0.1, 0.15) is 0 Å². The molecule has 0 aromatic heterocycles. The van der Waals surface area contributed by atoms with Crippen LogP contribution in [0, 0.1) is 0 Å². The lowest BCUT2D eigenvalue weighted by atomic mass is 10.1. The molecule has 4 nitrogen and oxygen atoms in total. The van der Waals surface area contributed by atoms with Crippen LogP contribution < -0.4 is 0 Å². The summed E-state index contributed by atoms with van der Waals surface area (Å²) in [4.78, 5) is 10.8. The number of hydrogen-bond acceptors (Lipinski definition) is 4. The fraction of sp³-hybridized carbons (Fsp3) is 0.875. The van der Waals surface area contributed by atoms with Crippen LogP contribution in [0.4, 0.5) is 0 Å². The minimum atomic E-state index is -0.339. The molecule has 0 aromatic carbocycles. The molecule has 0 aromatic rings. The van der Waals surface area contributed by atoms with Gasteiger partial charge in [0.05, 0.1) is 13.2 Å². The fourth-order valence-electron chi connectivity index (χ4n) is 1.14. The van der Waals surface area contributed by atoms with E-state index in [0.29, 0.717) is 0 Å². The molecule has 0 unspecified atom stereocenters. The first-order valence-electron chi connectivity index (χ1n) is 4.13. The molecule has 4 heteroatoms. The lowest BCUT2D eigenvalue weighted by Crippen LogP contribution is -2.11. The SMILES string of the molecule is COC(=O)[C@H]1O[C@H]1CCCCO. The lowest BCUT2D eigenvalue weighted by Gasteiger charge is -1.93. The van der Waals surface area contributed by atoms with Gasteiger partial charge in [-0.25, -0.2) is 4.79 Å².